The molecule has 192 valence electrons. The Morgan fingerprint density at radius 3 is 1.79 bits per heavy atom. The molecule has 3 aromatic rings. The second-order valence-corrected chi connectivity index (χ2v) is 11.3. The van der Waals surface area contributed by atoms with E-state index in [1.807, 2.05) is 84.6 Å². The highest BCUT2D eigenvalue weighted by molar-refractivity contribution is 8.26. The topological polar surface area (TPSA) is 43.9 Å². The molecule has 2 aliphatic rings. The molecule has 2 heterocycles. The minimum Gasteiger partial charge on any atom is -0.312 e. The number of thioether (sulfide) groups is 1. The Morgan fingerprint density at radius 1 is 0.658 bits per heavy atom. The minimum atomic E-state index is -0.249. The van der Waals surface area contributed by atoms with Crippen molar-refractivity contribution in [3.63, 3.8) is 0 Å². The summed E-state index contributed by atoms with van der Waals surface area (Å²) >= 11 is 12.6. The standard InChI is InChI=1S/C30H27N3O2S3/c1-21-12-14-24(15-13-21)20-33-28(35)26(38-30(33)37)25-27(34)32(19-17-23-10-6-3-7-11-23)29(36)31(25)18-16-22-8-4-2-5-9-22/h2-15H,16-20H2,1H3/b26-25+. The van der Waals surface area contributed by atoms with Crippen molar-refractivity contribution in [2.45, 2.75) is 26.3 Å². The number of thiocarbonyl (C=S) groups is 2. The van der Waals surface area contributed by atoms with Crippen molar-refractivity contribution >= 4 is 57.4 Å². The van der Waals surface area contributed by atoms with Gasteiger partial charge in [-0.2, -0.15) is 0 Å². The molecule has 0 atom stereocenters. The van der Waals surface area contributed by atoms with Gasteiger partial charge in [0.1, 0.15) is 14.9 Å². The fourth-order valence-electron chi connectivity index (χ4n) is 4.52. The first kappa shape index (κ1) is 26.3. The lowest BCUT2D eigenvalue weighted by Gasteiger charge is -2.21. The molecule has 2 saturated heterocycles. The molecule has 8 heteroatoms. The van der Waals surface area contributed by atoms with E-state index in [0.29, 0.717) is 52.5 Å². The van der Waals surface area contributed by atoms with Crippen LogP contribution in [0.15, 0.2) is 95.5 Å². The fourth-order valence-corrected chi connectivity index (χ4v) is 6.20. The molecule has 0 unspecified atom stereocenters. The number of rotatable bonds is 8. The average Bonchev–Trinajstić information content (AvgIpc) is 3.34. The van der Waals surface area contributed by atoms with Gasteiger partial charge in [0.15, 0.2) is 5.11 Å². The quantitative estimate of drug-likeness (QED) is 0.270. The van der Waals surface area contributed by atoms with Gasteiger partial charge in [0.2, 0.25) is 0 Å². The van der Waals surface area contributed by atoms with Crippen LogP contribution in [0.1, 0.15) is 22.3 Å². The summed E-state index contributed by atoms with van der Waals surface area (Å²) in [5.41, 5.74) is 4.73. The Hall–Kier alpha value is -3.33. The summed E-state index contributed by atoms with van der Waals surface area (Å²) in [5.74, 6) is -0.490. The Labute approximate surface area is 238 Å². The van der Waals surface area contributed by atoms with Crippen molar-refractivity contribution in [1.82, 2.24) is 14.7 Å². The van der Waals surface area contributed by atoms with E-state index in [4.69, 9.17) is 24.4 Å². The third-order valence-electron chi connectivity index (χ3n) is 6.64. The molecule has 5 nitrogen and oxygen atoms in total. The Bertz CT molecular complexity index is 1410. The molecule has 2 aliphatic heterocycles. The normalized spacial score (nSPS) is 17.8. The molecule has 5 rings (SSSR count). The Balaban J connectivity index is 1.43. The molecule has 0 saturated carbocycles. The first-order valence-electron chi connectivity index (χ1n) is 12.5. The monoisotopic (exact) mass is 557 g/mol. The lowest BCUT2D eigenvalue weighted by Crippen LogP contribution is -2.35. The maximum absolute atomic E-state index is 13.8. The van der Waals surface area contributed by atoms with Gasteiger partial charge in [-0.1, -0.05) is 114 Å². The summed E-state index contributed by atoms with van der Waals surface area (Å²) in [4.78, 5) is 32.8. The lowest BCUT2D eigenvalue weighted by atomic mass is 10.1. The number of hydrogen-bond acceptors (Lipinski definition) is 5. The maximum Gasteiger partial charge on any atom is 0.278 e. The van der Waals surface area contributed by atoms with Gasteiger partial charge in [0.25, 0.3) is 11.8 Å². The molecule has 0 radical (unpaired) electrons. The van der Waals surface area contributed by atoms with E-state index in [-0.39, 0.29) is 11.8 Å². The largest absolute Gasteiger partial charge is 0.312 e. The van der Waals surface area contributed by atoms with Gasteiger partial charge < -0.3 is 4.90 Å². The molecule has 0 N–H and O–H groups in total. The molecule has 0 aromatic heterocycles. The van der Waals surface area contributed by atoms with Crippen molar-refractivity contribution in [3.05, 3.63) is 118 Å². The van der Waals surface area contributed by atoms with Crippen LogP contribution in [-0.4, -0.2) is 49.0 Å². The molecule has 2 fully saturated rings. The van der Waals surface area contributed by atoms with Gasteiger partial charge in [0.05, 0.1) is 6.54 Å². The van der Waals surface area contributed by atoms with E-state index in [0.717, 1.165) is 22.3 Å². The van der Waals surface area contributed by atoms with Gasteiger partial charge in [0, 0.05) is 13.1 Å². The van der Waals surface area contributed by atoms with Crippen LogP contribution >= 0.6 is 36.2 Å². The van der Waals surface area contributed by atoms with Crippen LogP contribution in [0.2, 0.25) is 0 Å². The van der Waals surface area contributed by atoms with E-state index < -0.39 is 0 Å². The third kappa shape index (κ3) is 5.57. The minimum absolute atomic E-state index is 0.241. The van der Waals surface area contributed by atoms with Gasteiger partial charge >= 0.3 is 0 Å². The number of carbonyl (C=O) groups excluding carboxylic acids is 2. The second kappa shape index (κ2) is 11.6. The Morgan fingerprint density at radius 2 is 1.21 bits per heavy atom. The van der Waals surface area contributed by atoms with Crippen molar-refractivity contribution in [2.75, 3.05) is 13.1 Å². The molecule has 38 heavy (non-hydrogen) atoms. The highest BCUT2D eigenvalue weighted by Crippen LogP contribution is 2.38. The summed E-state index contributed by atoms with van der Waals surface area (Å²) in [5, 5.41) is 0.431. The zero-order chi connectivity index (χ0) is 26.6. The Kier molecular flexibility index (Phi) is 8.02. The third-order valence-corrected chi connectivity index (χ3v) is 8.52. The molecule has 0 aliphatic carbocycles. The smallest absolute Gasteiger partial charge is 0.278 e. The van der Waals surface area contributed by atoms with Crippen LogP contribution in [0.25, 0.3) is 0 Å². The number of hydrogen-bond donors (Lipinski definition) is 0. The first-order chi connectivity index (χ1) is 18.4. The van der Waals surface area contributed by atoms with Crippen LogP contribution < -0.4 is 0 Å². The van der Waals surface area contributed by atoms with Crippen molar-refractivity contribution in [2.24, 2.45) is 0 Å². The van der Waals surface area contributed by atoms with Crippen LogP contribution in [0.4, 0.5) is 0 Å². The molecule has 3 aromatic carbocycles. The van der Waals surface area contributed by atoms with E-state index >= 15 is 0 Å². The second-order valence-electron chi connectivity index (χ2n) is 9.28. The van der Waals surface area contributed by atoms with E-state index in [1.54, 1.807) is 9.80 Å². The zero-order valence-corrected chi connectivity index (χ0v) is 23.5. The number of aryl methyl sites for hydroxylation is 1. The molecular weight excluding hydrogens is 531 g/mol. The maximum atomic E-state index is 13.8. The zero-order valence-electron chi connectivity index (χ0n) is 21.0. The average molecular weight is 558 g/mol. The van der Waals surface area contributed by atoms with Gasteiger partial charge in [-0.3, -0.25) is 19.4 Å². The number of amides is 2. The van der Waals surface area contributed by atoms with Crippen molar-refractivity contribution < 1.29 is 9.59 Å². The van der Waals surface area contributed by atoms with Gasteiger partial charge in [-0.05, 0) is 48.7 Å². The molecular formula is C30H27N3O2S3. The predicted molar refractivity (Wildman–Crippen MR) is 160 cm³/mol. The van der Waals surface area contributed by atoms with Crippen molar-refractivity contribution in [1.29, 1.82) is 0 Å². The highest BCUT2D eigenvalue weighted by atomic mass is 32.2. The molecule has 0 spiro atoms. The predicted octanol–water partition coefficient (Wildman–Crippen LogP) is 5.48. The number of carbonyl (C=O) groups is 2. The van der Waals surface area contributed by atoms with Crippen LogP contribution in [0.3, 0.4) is 0 Å². The summed E-state index contributed by atoms with van der Waals surface area (Å²) in [6.45, 7) is 3.32. The highest BCUT2D eigenvalue weighted by Gasteiger charge is 2.45. The molecule has 0 bridgehead atoms. The summed E-state index contributed by atoms with van der Waals surface area (Å²) in [6.07, 6.45) is 1.36. The summed E-state index contributed by atoms with van der Waals surface area (Å²) in [6, 6.07) is 28.1. The number of nitrogens with zero attached hydrogens (tertiary/aromatic N) is 3. The van der Waals surface area contributed by atoms with Crippen LogP contribution in [0.5, 0.6) is 0 Å². The first-order valence-corrected chi connectivity index (χ1v) is 14.1. The van der Waals surface area contributed by atoms with E-state index in [9.17, 15) is 9.59 Å². The SMILES string of the molecule is Cc1ccc(CN2C(=O)/C(=C3/C(=O)N(CCc4ccccc4)C(=S)N3CCc3ccccc3)SC2=S)cc1. The van der Waals surface area contributed by atoms with E-state index in [2.05, 4.69) is 12.1 Å². The molecule has 2 amide bonds. The summed E-state index contributed by atoms with van der Waals surface area (Å²) < 4.78 is 0.447. The summed E-state index contributed by atoms with van der Waals surface area (Å²) in [7, 11) is 0. The van der Waals surface area contributed by atoms with Gasteiger partial charge in [-0.15, -0.1) is 0 Å². The van der Waals surface area contributed by atoms with Crippen LogP contribution in [-0.2, 0) is 29.0 Å². The lowest BCUT2D eigenvalue weighted by molar-refractivity contribution is -0.125. The fraction of sp³-hybridized carbons (Fsp3) is 0.200. The van der Waals surface area contributed by atoms with E-state index in [1.165, 1.54) is 11.8 Å². The van der Waals surface area contributed by atoms with Crippen molar-refractivity contribution in [3.8, 4) is 0 Å². The van der Waals surface area contributed by atoms with Crippen LogP contribution in [0, 0.1) is 6.92 Å². The number of benzene rings is 3. The van der Waals surface area contributed by atoms with Gasteiger partial charge in [-0.25, -0.2) is 0 Å².